The molecule has 2 N–H and O–H groups in total. The van der Waals surface area contributed by atoms with Crippen LogP contribution in [0, 0.1) is 5.92 Å². The van der Waals surface area contributed by atoms with E-state index in [0.717, 1.165) is 5.92 Å². The molecule has 1 aliphatic rings. The molecule has 0 saturated heterocycles. The van der Waals surface area contributed by atoms with Crippen LogP contribution < -0.4 is 5.73 Å². The lowest BCUT2D eigenvalue weighted by atomic mass is 9.99. The zero-order valence-electron chi connectivity index (χ0n) is 10.3. The molecule has 0 radical (unpaired) electrons. The smallest absolute Gasteiger partial charge is 0.0297 e. The Morgan fingerprint density at radius 3 is 2.50 bits per heavy atom. The summed E-state index contributed by atoms with van der Waals surface area (Å²) in [5.41, 5.74) is 8.95. The first kappa shape index (κ1) is 11.7. The van der Waals surface area contributed by atoms with Gasteiger partial charge in [-0.3, -0.25) is 0 Å². The molecule has 0 bridgehead atoms. The highest BCUT2D eigenvalue weighted by Gasteiger charge is 2.24. The third-order valence-electron chi connectivity index (χ3n) is 3.51. The van der Waals surface area contributed by atoms with Crippen LogP contribution in [0.2, 0.25) is 0 Å². The van der Waals surface area contributed by atoms with E-state index in [-0.39, 0.29) is 6.04 Å². The van der Waals surface area contributed by atoms with Gasteiger partial charge in [-0.2, -0.15) is 0 Å². The molecule has 1 saturated carbocycles. The Kier molecular flexibility index (Phi) is 4.00. The topological polar surface area (TPSA) is 26.0 Å². The minimum absolute atomic E-state index is 0.257. The first-order valence-corrected chi connectivity index (χ1v) is 6.64. The maximum atomic E-state index is 6.19. The third-order valence-corrected chi connectivity index (χ3v) is 3.51. The maximum absolute atomic E-state index is 6.19. The minimum atomic E-state index is 0.257. The van der Waals surface area contributed by atoms with Crippen molar-refractivity contribution in [3.63, 3.8) is 0 Å². The van der Waals surface area contributed by atoms with Crippen molar-refractivity contribution in [2.24, 2.45) is 11.7 Å². The van der Waals surface area contributed by atoms with Gasteiger partial charge >= 0.3 is 0 Å². The molecule has 1 aromatic rings. The molecular formula is C15H23N. The number of aryl methyl sites for hydroxylation is 1. The first-order valence-electron chi connectivity index (χ1n) is 6.64. The minimum Gasteiger partial charge on any atom is -0.324 e. The van der Waals surface area contributed by atoms with Gasteiger partial charge in [0.05, 0.1) is 0 Å². The standard InChI is InChI=1S/C15H23N/c1-2-3-4-12-7-9-14(10-8-12)15(16)11-13-5-6-13/h7-10,13,15H,2-6,11,16H2,1H3. The summed E-state index contributed by atoms with van der Waals surface area (Å²) in [6.07, 6.45) is 7.71. The fraction of sp³-hybridized carbons (Fsp3) is 0.600. The second kappa shape index (κ2) is 5.49. The summed E-state index contributed by atoms with van der Waals surface area (Å²) in [7, 11) is 0. The number of nitrogens with two attached hydrogens (primary N) is 1. The average molecular weight is 217 g/mol. The van der Waals surface area contributed by atoms with Crippen LogP contribution in [0.3, 0.4) is 0 Å². The fourth-order valence-electron chi connectivity index (χ4n) is 2.16. The van der Waals surface area contributed by atoms with E-state index in [1.807, 2.05) is 0 Å². The number of rotatable bonds is 6. The molecule has 16 heavy (non-hydrogen) atoms. The zero-order valence-corrected chi connectivity index (χ0v) is 10.3. The lowest BCUT2D eigenvalue weighted by molar-refractivity contribution is 0.597. The molecule has 1 unspecified atom stereocenters. The summed E-state index contributed by atoms with van der Waals surface area (Å²) in [4.78, 5) is 0. The molecule has 1 fully saturated rings. The van der Waals surface area contributed by atoms with Gasteiger partial charge in [0.1, 0.15) is 0 Å². The highest BCUT2D eigenvalue weighted by molar-refractivity contribution is 5.25. The SMILES string of the molecule is CCCCc1ccc(C(N)CC2CC2)cc1. The molecule has 0 aliphatic heterocycles. The van der Waals surface area contributed by atoms with Crippen molar-refractivity contribution in [2.45, 2.75) is 51.5 Å². The van der Waals surface area contributed by atoms with E-state index in [0.29, 0.717) is 0 Å². The van der Waals surface area contributed by atoms with Gasteiger partial charge in [0, 0.05) is 6.04 Å². The Labute approximate surface area is 99.0 Å². The lowest BCUT2D eigenvalue weighted by Gasteiger charge is -2.11. The maximum Gasteiger partial charge on any atom is 0.0297 e. The molecule has 88 valence electrons. The third kappa shape index (κ3) is 3.34. The molecule has 1 atom stereocenters. The van der Waals surface area contributed by atoms with Crippen molar-refractivity contribution >= 4 is 0 Å². The van der Waals surface area contributed by atoms with E-state index < -0.39 is 0 Å². The lowest BCUT2D eigenvalue weighted by Crippen LogP contribution is -2.10. The van der Waals surface area contributed by atoms with E-state index in [1.54, 1.807) is 0 Å². The van der Waals surface area contributed by atoms with Gasteiger partial charge in [0.15, 0.2) is 0 Å². The molecule has 0 spiro atoms. The van der Waals surface area contributed by atoms with Gasteiger partial charge in [-0.1, -0.05) is 50.5 Å². The van der Waals surface area contributed by atoms with Crippen molar-refractivity contribution in [3.8, 4) is 0 Å². The number of benzene rings is 1. The summed E-state index contributed by atoms with van der Waals surface area (Å²) < 4.78 is 0. The summed E-state index contributed by atoms with van der Waals surface area (Å²) in [6, 6.07) is 9.19. The zero-order chi connectivity index (χ0) is 11.4. The Hall–Kier alpha value is -0.820. The van der Waals surface area contributed by atoms with Crippen LogP contribution in [0.1, 0.15) is 56.2 Å². The van der Waals surface area contributed by atoms with Gasteiger partial charge < -0.3 is 5.73 Å². The summed E-state index contributed by atoms with van der Waals surface area (Å²) >= 11 is 0. The molecule has 0 amide bonds. The monoisotopic (exact) mass is 217 g/mol. The summed E-state index contributed by atoms with van der Waals surface area (Å²) in [6.45, 7) is 2.24. The van der Waals surface area contributed by atoms with Crippen molar-refractivity contribution in [3.05, 3.63) is 35.4 Å². The second-order valence-corrected chi connectivity index (χ2v) is 5.13. The molecule has 0 aromatic heterocycles. The second-order valence-electron chi connectivity index (χ2n) is 5.13. The molecule has 1 aromatic carbocycles. The van der Waals surface area contributed by atoms with Crippen LogP contribution in [0.5, 0.6) is 0 Å². The van der Waals surface area contributed by atoms with E-state index >= 15 is 0 Å². The van der Waals surface area contributed by atoms with Crippen LogP contribution in [0.4, 0.5) is 0 Å². The van der Waals surface area contributed by atoms with Crippen LogP contribution in [0.25, 0.3) is 0 Å². The van der Waals surface area contributed by atoms with Crippen molar-refractivity contribution in [2.75, 3.05) is 0 Å². The molecule has 0 heterocycles. The molecule has 1 heteroatoms. The predicted octanol–water partition coefficient (Wildman–Crippen LogP) is 3.83. The number of unbranched alkanes of at least 4 members (excludes halogenated alkanes) is 1. The van der Waals surface area contributed by atoms with Crippen LogP contribution in [-0.2, 0) is 6.42 Å². The first-order chi connectivity index (χ1) is 7.79. The van der Waals surface area contributed by atoms with Gasteiger partial charge in [-0.25, -0.2) is 0 Å². The van der Waals surface area contributed by atoms with Crippen molar-refractivity contribution < 1.29 is 0 Å². The molecule has 1 aliphatic carbocycles. The largest absolute Gasteiger partial charge is 0.324 e. The number of hydrogen-bond acceptors (Lipinski definition) is 1. The van der Waals surface area contributed by atoms with E-state index in [1.165, 1.54) is 49.7 Å². The molecule has 2 rings (SSSR count). The Morgan fingerprint density at radius 2 is 1.94 bits per heavy atom. The molecular weight excluding hydrogens is 194 g/mol. The van der Waals surface area contributed by atoms with Crippen molar-refractivity contribution in [1.29, 1.82) is 0 Å². The van der Waals surface area contributed by atoms with Crippen LogP contribution in [0.15, 0.2) is 24.3 Å². The number of hydrogen-bond donors (Lipinski definition) is 1. The van der Waals surface area contributed by atoms with Crippen LogP contribution in [-0.4, -0.2) is 0 Å². The van der Waals surface area contributed by atoms with E-state index in [2.05, 4.69) is 31.2 Å². The summed E-state index contributed by atoms with van der Waals surface area (Å²) in [5, 5.41) is 0. The van der Waals surface area contributed by atoms with Gasteiger partial charge in [-0.05, 0) is 36.3 Å². The Bertz CT molecular complexity index is 311. The normalized spacial score (nSPS) is 17.4. The molecule has 1 nitrogen and oxygen atoms in total. The fourth-order valence-corrected chi connectivity index (χ4v) is 2.16. The van der Waals surface area contributed by atoms with Gasteiger partial charge in [0.25, 0.3) is 0 Å². The Morgan fingerprint density at radius 1 is 1.25 bits per heavy atom. The van der Waals surface area contributed by atoms with Crippen molar-refractivity contribution in [1.82, 2.24) is 0 Å². The highest BCUT2D eigenvalue weighted by atomic mass is 14.6. The van der Waals surface area contributed by atoms with Crippen LogP contribution >= 0.6 is 0 Å². The van der Waals surface area contributed by atoms with E-state index in [9.17, 15) is 0 Å². The summed E-state index contributed by atoms with van der Waals surface area (Å²) in [5.74, 6) is 0.912. The quantitative estimate of drug-likeness (QED) is 0.770. The van der Waals surface area contributed by atoms with Gasteiger partial charge in [0.2, 0.25) is 0 Å². The average Bonchev–Trinajstić information content (AvgIpc) is 3.11. The Balaban J connectivity index is 1.89. The van der Waals surface area contributed by atoms with Gasteiger partial charge in [-0.15, -0.1) is 0 Å². The van der Waals surface area contributed by atoms with E-state index in [4.69, 9.17) is 5.73 Å². The predicted molar refractivity (Wildman–Crippen MR) is 69.3 cm³/mol. The highest BCUT2D eigenvalue weighted by Crippen LogP contribution is 2.36.